The van der Waals surface area contributed by atoms with Gasteiger partial charge in [-0.1, -0.05) is 0 Å². The van der Waals surface area contributed by atoms with E-state index in [1.165, 1.54) is 0 Å². The summed E-state index contributed by atoms with van der Waals surface area (Å²) in [6, 6.07) is 1.49. The van der Waals surface area contributed by atoms with Gasteiger partial charge >= 0.3 is 0 Å². The van der Waals surface area contributed by atoms with Crippen LogP contribution in [0.15, 0.2) is 12.1 Å². The zero-order valence-corrected chi connectivity index (χ0v) is 10.0. The topological polar surface area (TPSA) is 21.3 Å². The van der Waals surface area contributed by atoms with Crippen molar-refractivity contribution in [2.24, 2.45) is 5.92 Å². The second-order valence-corrected chi connectivity index (χ2v) is 4.54. The lowest BCUT2D eigenvalue weighted by Crippen LogP contribution is -2.27. The lowest BCUT2D eigenvalue weighted by atomic mass is 10.0. The van der Waals surface area contributed by atoms with E-state index >= 15 is 0 Å². The number of hydrogen-bond acceptors (Lipinski definition) is 2. The molecule has 0 spiro atoms. The number of benzene rings is 1. The third-order valence-corrected chi connectivity index (χ3v) is 3.18. The summed E-state index contributed by atoms with van der Waals surface area (Å²) >= 11 is 0. The Bertz CT molecular complexity index is 405. The van der Waals surface area contributed by atoms with E-state index in [9.17, 15) is 13.2 Å². The van der Waals surface area contributed by atoms with Gasteiger partial charge in [0.15, 0.2) is 11.6 Å². The van der Waals surface area contributed by atoms with E-state index in [0.717, 1.165) is 38.7 Å². The Balaban J connectivity index is 1.84. The molecule has 18 heavy (non-hydrogen) atoms. The molecule has 1 N–H and O–H groups in total. The molecular formula is C13H16F3NO. The summed E-state index contributed by atoms with van der Waals surface area (Å²) in [5, 5.41) is 3.07. The van der Waals surface area contributed by atoms with Gasteiger partial charge in [0.05, 0.1) is 0 Å². The van der Waals surface area contributed by atoms with Crippen LogP contribution < -0.4 is 5.32 Å². The standard InChI is InChI=1S/C13H16F3NO/c14-11-6-13(16)12(15)5-10(11)8-17-7-9-1-3-18-4-2-9/h5-6,9,17H,1-4,7-8H2. The molecule has 1 aromatic rings. The molecule has 0 aromatic heterocycles. The summed E-state index contributed by atoms with van der Waals surface area (Å²) in [5.74, 6) is -2.37. The fourth-order valence-corrected chi connectivity index (χ4v) is 2.06. The van der Waals surface area contributed by atoms with Gasteiger partial charge in [0.25, 0.3) is 0 Å². The molecule has 0 unspecified atom stereocenters. The van der Waals surface area contributed by atoms with Crippen LogP contribution in [0, 0.1) is 23.4 Å². The maximum absolute atomic E-state index is 13.3. The normalized spacial score (nSPS) is 17.1. The van der Waals surface area contributed by atoms with E-state index in [0.29, 0.717) is 12.0 Å². The minimum atomic E-state index is -1.15. The van der Waals surface area contributed by atoms with Crippen molar-refractivity contribution in [1.82, 2.24) is 5.32 Å². The first-order valence-electron chi connectivity index (χ1n) is 6.08. The summed E-state index contributed by atoms with van der Waals surface area (Å²) < 4.78 is 44.2. The molecule has 0 saturated carbocycles. The summed E-state index contributed by atoms with van der Waals surface area (Å²) in [5.41, 5.74) is 0.154. The number of rotatable bonds is 4. The van der Waals surface area contributed by atoms with Gasteiger partial charge in [-0.25, -0.2) is 13.2 Å². The highest BCUT2D eigenvalue weighted by atomic mass is 19.2. The van der Waals surface area contributed by atoms with Crippen molar-refractivity contribution in [2.75, 3.05) is 19.8 Å². The molecule has 5 heteroatoms. The zero-order valence-electron chi connectivity index (χ0n) is 10.0. The molecule has 100 valence electrons. The highest BCUT2D eigenvalue weighted by molar-refractivity contribution is 5.19. The van der Waals surface area contributed by atoms with Gasteiger partial charge < -0.3 is 10.1 Å². The molecular weight excluding hydrogens is 243 g/mol. The molecule has 1 aliphatic rings. The molecule has 2 rings (SSSR count). The third-order valence-electron chi connectivity index (χ3n) is 3.18. The third kappa shape index (κ3) is 3.46. The molecule has 1 aliphatic heterocycles. The second-order valence-electron chi connectivity index (χ2n) is 4.54. The van der Waals surface area contributed by atoms with Crippen LogP contribution in [-0.4, -0.2) is 19.8 Å². The van der Waals surface area contributed by atoms with Gasteiger partial charge in [0.1, 0.15) is 5.82 Å². The average Bonchev–Trinajstić information content (AvgIpc) is 2.37. The van der Waals surface area contributed by atoms with Crippen molar-refractivity contribution >= 4 is 0 Å². The Kier molecular flexibility index (Phi) is 4.60. The van der Waals surface area contributed by atoms with E-state index < -0.39 is 17.5 Å². The van der Waals surface area contributed by atoms with Crippen molar-refractivity contribution in [3.05, 3.63) is 35.1 Å². The van der Waals surface area contributed by atoms with Gasteiger partial charge in [-0.2, -0.15) is 0 Å². The molecule has 0 aliphatic carbocycles. The summed E-state index contributed by atoms with van der Waals surface area (Å²) in [7, 11) is 0. The van der Waals surface area contributed by atoms with Crippen LogP contribution in [-0.2, 0) is 11.3 Å². The Morgan fingerprint density at radius 1 is 1.06 bits per heavy atom. The molecule has 0 amide bonds. The highest BCUT2D eigenvalue weighted by Gasteiger charge is 2.14. The first-order valence-corrected chi connectivity index (χ1v) is 6.08. The summed E-state index contributed by atoms with van der Waals surface area (Å²) in [6.45, 7) is 2.46. The fourth-order valence-electron chi connectivity index (χ4n) is 2.06. The fraction of sp³-hybridized carbons (Fsp3) is 0.538. The molecule has 1 saturated heterocycles. The summed E-state index contributed by atoms with van der Waals surface area (Å²) in [6.07, 6.45) is 1.96. The lowest BCUT2D eigenvalue weighted by Gasteiger charge is -2.22. The van der Waals surface area contributed by atoms with Gasteiger partial charge in [-0.05, 0) is 31.4 Å². The van der Waals surface area contributed by atoms with E-state index in [1.807, 2.05) is 0 Å². The number of nitrogens with one attached hydrogen (secondary N) is 1. The van der Waals surface area contributed by atoms with Gasteiger partial charge in [0, 0.05) is 31.4 Å². The Morgan fingerprint density at radius 3 is 2.44 bits per heavy atom. The van der Waals surface area contributed by atoms with Crippen molar-refractivity contribution < 1.29 is 17.9 Å². The highest BCUT2D eigenvalue weighted by Crippen LogP contribution is 2.15. The van der Waals surface area contributed by atoms with E-state index in [-0.39, 0.29) is 12.1 Å². The van der Waals surface area contributed by atoms with Crippen molar-refractivity contribution in [3.63, 3.8) is 0 Å². The average molecular weight is 259 g/mol. The second kappa shape index (κ2) is 6.20. The largest absolute Gasteiger partial charge is 0.381 e. The quantitative estimate of drug-likeness (QED) is 0.839. The van der Waals surface area contributed by atoms with Crippen molar-refractivity contribution in [2.45, 2.75) is 19.4 Å². The predicted octanol–water partition coefficient (Wildman–Crippen LogP) is 2.62. The van der Waals surface area contributed by atoms with Crippen LogP contribution in [0.1, 0.15) is 18.4 Å². The number of ether oxygens (including phenoxy) is 1. The van der Waals surface area contributed by atoms with Crippen LogP contribution in [0.5, 0.6) is 0 Å². The number of hydrogen-bond donors (Lipinski definition) is 1. The lowest BCUT2D eigenvalue weighted by molar-refractivity contribution is 0.0662. The van der Waals surface area contributed by atoms with Crippen LogP contribution in [0.25, 0.3) is 0 Å². The molecule has 1 fully saturated rings. The first kappa shape index (κ1) is 13.4. The van der Waals surface area contributed by atoms with Gasteiger partial charge in [-0.3, -0.25) is 0 Å². The molecule has 1 aromatic carbocycles. The van der Waals surface area contributed by atoms with Crippen LogP contribution in [0.4, 0.5) is 13.2 Å². The minimum absolute atomic E-state index is 0.154. The molecule has 0 atom stereocenters. The molecule has 2 nitrogen and oxygen atoms in total. The van der Waals surface area contributed by atoms with Crippen molar-refractivity contribution in [1.29, 1.82) is 0 Å². The molecule has 0 radical (unpaired) electrons. The smallest absolute Gasteiger partial charge is 0.161 e. The monoisotopic (exact) mass is 259 g/mol. The van der Waals surface area contributed by atoms with E-state index in [4.69, 9.17) is 4.74 Å². The van der Waals surface area contributed by atoms with Gasteiger partial charge in [-0.15, -0.1) is 0 Å². The number of halogens is 3. The summed E-state index contributed by atoms with van der Waals surface area (Å²) in [4.78, 5) is 0. The van der Waals surface area contributed by atoms with Crippen LogP contribution in [0.2, 0.25) is 0 Å². The van der Waals surface area contributed by atoms with Crippen molar-refractivity contribution in [3.8, 4) is 0 Å². The SMILES string of the molecule is Fc1cc(F)c(CNCC2CCOCC2)cc1F. The predicted molar refractivity (Wildman–Crippen MR) is 61.6 cm³/mol. The zero-order chi connectivity index (χ0) is 13.0. The van der Waals surface area contributed by atoms with E-state index in [2.05, 4.69) is 5.32 Å². The van der Waals surface area contributed by atoms with Crippen LogP contribution in [0.3, 0.4) is 0 Å². The Labute approximate surface area is 104 Å². The molecule has 1 heterocycles. The Morgan fingerprint density at radius 2 is 1.72 bits per heavy atom. The van der Waals surface area contributed by atoms with E-state index in [1.54, 1.807) is 0 Å². The van der Waals surface area contributed by atoms with Gasteiger partial charge in [0.2, 0.25) is 0 Å². The minimum Gasteiger partial charge on any atom is -0.381 e. The van der Waals surface area contributed by atoms with Crippen LogP contribution >= 0.6 is 0 Å². The maximum atomic E-state index is 13.3. The maximum Gasteiger partial charge on any atom is 0.161 e. The molecule has 0 bridgehead atoms. The first-order chi connectivity index (χ1) is 8.66. The Hall–Kier alpha value is -1.07.